The monoisotopic (exact) mass is 338 g/mol. The quantitative estimate of drug-likeness (QED) is 0.900. The second kappa shape index (κ2) is 6.81. The van der Waals surface area contributed by atoms with Crippen LogP contribution in [-0.4, -0.2) is 11.0 Å². The molecule has 106 valence electrons. The molecule has 0 aliphatic carbocycles. The average molecular weight is 339 g/mol. The third kappa shape index (κ3) is 3.55. The Bertz CT molecular complexity index is 579. The van der Waals surface area contributed by atoms with Crippen LogP contribution in [0.5, 0.6) is 5.75 Å². The van der Waals surface area contributed by atoms with Gasteiger partial charge in [0.25, 0.3) is 0 Å². The molecule has 2 N–H and O–H groups in total. The first-order valence-corrected chi connectivity index (χ1v) is 7.18. The van der Waals surface area contributed by atoms with Crippen LogP contribution in [0, 0.1) is 5.82 Å². The normalized spacial score (nSPS) is 13.8. The van der Waals surface area contributed by atoms with Gasteiger partial charge in [-0.05, 0) is 34.5 Å². The summed E-state index contributed by atoms with van der Waals surface area (Å²) in [6, 6.07) is 8.01. The molecule has 20 heavy (non-hydrogen) atoms. The lowest BCUT2D eigenvalue weighted by Gasteiger charge is -2.25. The minimum absolute atomic E-state index is 0.300. The summed E-state index contributed by atoms with van der Waals surface area (Å²) in [6.45, 7) is 1.95. The van der Waals surface area contributed by atoms with Gasteiger partial charge < -0.3 is 10.5 Å². The number of pyridine rings is 1. The summed E-state index contributed by atoms with van der Waals surface area (Å²) in [7, 11) is 0. The van der Waals surface area contributed by atoms with E-state index in [0.29, 0.717) is 17.7 Å². The fourth-order valence-corrected chi connectivity index (χ4v) is 2.25. The molecule has 1 aromatic heterocycles. The van der Waals surface area contributed by atoms with Crippen molar-refractivity contribution < 1.29 is 9.13 Å². The molecule has 0 fully saturated rings. The maximum Gasteiger partial charge on any atom is 0.142 e. The predicted molar refractivity (Wildman–Crippen MR) is 80.0 cm³/mol. The van der Waals surface area contributed by atoms with Crippen LogP contribution >= 0.6 is 15.9 Å². The van der Waals surface area contributed by atoms with E-state index in [-0.39, 0.29) is 11.9 Å². The Kier molecular flexibility index (Phi) is 5.09. The van der Waals surface area contributed by atoms with Crippen LogP contribution in [0.1, 0.15) is 25.0 Å². The number of halogens is 2. The molecule has 2 unspecified atom stereocenters. The lowest BCUT2D eigenvalue weighted by Crippen LogP contribution is -2.32. The second-order valence-corrected chi connectivity index (χ2v) is 5.39. The number of hydrogen-bond donors (Lipinski definition) is 1. The Hall–Kier alpha value is -1.46. The summed E-state index contributed by atoms with van der Waals surface area (Å²) in [5.41, 5.74) is 6.54. The van der Waals surface area contributed by atoms with E-state index in [2.05, 4.69) is 20.9 Å². The number of aromatic nitrogens is 1. The first kappa shape index (κ1) is 14.9. The van der Waals surface area contributed by atoms with Crippen LogP contribution in [0.3, 0.4) is 0 Å². The van der Waals surface area contributed by atoms with Crippen molar-refractivity contribution in [3.8, 4) is 5.75 Å². The van der Waals surface area contributed by atoms with Crippen molar-refractivity contribution in [2.24, 2.45) is 5.73 Å². The van der Waals surface area contributed by atoms with Crippen LogP contribution in [0.25, 0.3) is 0 Å². The molecule has 0 aliphatic heterocycles. The fraction of sp³-hybridized carbons (Fsp3) is 0.267. The van der Waals surface area contributed by atoms with Crippen LogP contribution in [0.2, 0.25) is 0 Å². The van der Waals surface area contributed by atoms with Crippen molar-refractivity contribution in [2.45, 2.75) is 25.5 Å². The third-order valence-electron chi connectivity index (χ3n) is 3.01. The molecule has 0 saturated heterocycles. The summed E-state index contributed by atoms with van der Waals surface area (Å²) in [6.07, 6.45) is 3.38. The van der Waals surface area contributed by atoms with Crippen molar-refractivity contribution in [1.82, 2.24) is 4.98 Å². The number of nitrogens with two attached hydrogens (primary N) is 1. The summed E-state index contributed by atoms with van der Waals surface area (Å²) < 4.78 is 20.6. The summed E-state index contributed by atoms with van der Waals surface area (Å²) in [4.78, 5) is 4.03. The summed E-state index contributed by atoms with van der Waals surface area (Å²) >= 11 is 3.33. The maximum atomic E-state index is 14.0. The van der Waals surface area contributed by atoms with Crippen LogP contribution in [-0.2, 0) is 0 Å². The van der Waals surface area contributed by atoms with E-state index >= 15 is 0 Å². The molecule has 0 saturated carbocycles. The molecule has 0 aliphatic rings. The molecule has 1 heterocycles. The fourth-order valence-electron chi connectivity index (χ4n) is 1.90. The van der Waals surface area contributed by atoms with Crippen LogP contribution in [0.4, 0.5) is 4.39 Å². The molecule has 0 amide bonds. The Labute approximate surface area is 126 Å². The highest BCUT2D eigenvalue weighted by molar-refractivity contribution is 9.10. The van der Waals surface area contributed by atoms with E-state index in [9.17, 15) is 4.39 Å². The smallest absolute Gasteiger partial charge is 0.142 e. The van der Waals surface area contributed by atoms with E-state index in [1.807, 2.05) is 6.92 Å². The lowest BCUT2D eigenvalue weighted by atomic mass is 10.0. The molecule has 5 heteroatoms. The molecular formula is C15H16BrFN2O. The number of ether oxygens (including phenoxy) is 1. The van der Waals surface area contributed by atoms with Gasteiger partial charge in [-0.25, -0.2) is 4.39 Å². The van der Waals surface area contributed by atoms with Crippen molar-refractivity contribution in [1.29, 1.82) is 0 Å². The highest BCUT2D eigenvalue weighted by atomic mass is 79.9. The van der Waals surface area contributed by atoms with Gasteiger partial charge in [0.1, 0.15) is 17.7 Å². The zero-order chi connectivity index (χ0) is 14.5. The van der Waals surface area contributed by atoms with E-state index in [1.165, 1.54) is 6.07 Å². The Morgan fingerprint density at radius 3 is 2.75 bits per heavy atom. The number of nitrogens with zero attached hydrogens (tertiary/aromatic N) is 1. The standard InChI is InChI=1S/C15H16BrFN2O/c1-2-14(18)15(12-5-3-4-6-13(12)17)20-11-7-10(16)8-19-9-11/h3-9,14-15H,2,18H2,1H3. The zero-order valence-electron chi connectivity index (χ0n) is 11.1. The molecule has 3 nitrogen and oxygen atoms in total. The molecule has 0 bridgehead atoms. The third-order valence-corrected chi connectivity index (χ3v) is 3.45. The number of rotatable bonds is 5. The number of hydrogen-bond acceptors (Lipinski definition) is 3. The number of benzene rings is 1. The Morgan fingerprint density at radius 1 is 1.35 bits per heavy atom. The van der Waals surface area contributed by atoms with Crippen LogP contribution in [0.15, 0.2) is 47.2 Å². The summed E-state index contributed by atoms with van der Waals surface area (Å²) in [5.74, 6) is 0.237. The largest absolute Gasteiger partial charge is 0.482 e. The van der Waals surface area contributed by atoms with Gasteiger partial charge in [0.2, 0.25) is 0 Å². The van der Waals surface area contributed by atoms with Crippen LogP contribution < -0.4 is 10.5 Å². The highest BCUT2D eigenvalue weighted by Gasteiger charge is 2.23. The topological polar surface area (TPSA) is 48.1 Å². The molecule has 2 aromatic rings. The van der Waals surface area contributed by atoms with Gasteiger partial charge >= 0.3 is 0 Å². The molecule has 1 aromatic carbocycles. The van der Waals surface area contributed by atoms with Gasteiger partial charge in [0.15, 0.2) is 0 Å². The molecule has 0 radical (unpaired) electrons. The zero-order valence-corrected chi connectivity index (χ0v) is 12.7. The van der Waals surface area contributed by atoms with Crippen molar-refractivity contribution >= 4 is 15.9 Å². The van der Waals surface area contributed by atoms with E-state index < -0.39 is 6.10 Å². The van der Waals surface area contributed by atoms with Gasteiger partial charge in [0, 0.05) is 22.3 Å². The average Bonchev–Trinajstić information content (AvgIpc) is 2.45. The SMILES string of the molecule is CCC(N)C(Oc1cncc(Br)c1)c1ccccc1F. The highest BCUT2D eigenvalue weighted by Crippen LogP contribution is 2.28. The van der Waals surface area contributed by atoms with Gasteiger partial charge in [-0.2, -0.15) is 0 Å². The lowest BCUT2D eigenvalue weighted by molar-refractivity contribution is 0.166. The van der Waals surface area contributed by atoms with Crippen molar-refractivity contribution in [2.75, 3.05) is 0 Å². The Balaban J connectivity index is 2.32. The maximum absolute atomic E-state index is 14.0. The minimum atomic E-state index is -0.544. The molecule has 2 rings (SSSR count). The van der Waals surface area contributed by atoms with Gasteiger partial charge in [-0.15, -0.1) is 0 Å². The van der Waals surface area contributed by atoms with Gasteiger partial charge in [-0.3, -0.25) is 4.98 Å². The van der Waals surface area contributed by atoms with Gasteiger partial charge in [-0.1, -0.05) is 25.1 Å². The predicted octanol–water partition coefficient (Wildman–Crippen LogP) is 3.84. The first-order valence-electron chi connectivity index (χ1n) is 6.39. The molecular weight excluding hydrogens is 323 g/mol. The van der Waals surface area contributed by atoms with E-state index in [1.54, 1.807) is 36.7 Å². The first-order chi connectivity index (χ1) is 9.61. The molecule has 0 spiro atoms. The summed E-state index contributed by atoms with van der Waals surface area (Å²) in [5, 5.41) is 0. The Morgan fingerprint density at radius 2 is 2.10 bits per heavy atom. The van der Waals surface area contributed by atoms with E-state index in [4.69, 9.17) is 10.5 Å². The van der Waals surface area contributed by atoms with E-state index in [0.717, 1.165) is 4.47 Å². The second-order valence-electron chi connectivity index (χ2n) is 4.47. The minimum Gasteiger partial charge on any atom is -0.482 e. The van der Waals surface area contributed by atoms with Crippen molar-refractivity contribution in [3.63, 3.8) is 0 Å². The van der Waals surface area contributed by atoms with Crippen molar-refractivity contribution in [3.05, 3.63) is 58.6 Å². The van der Waals surface area contributed by atoms with Gasteiger partial charge in [0.05, 0.1) is 6.20 Å². The molecule has 2 atom stereocenters.